The van der Waals surface area contributed by atoms with Crippen LogP contribution in [0.2, 0.25) is 0 Å². The summed E-state index contributed by atoms with van der Waals surface area (Å²) in [6.45, 7) is 19.5. The smallest absolute Gasteiger partial charge is 0.144 e. The number of furan rings is 3. The summed E-state index contributed by atoms with van der Waals surface area (Å²) in [7, 11) is 0. The third-order valence-electron chi connectivity index (χ3n) is 24.3. The zero-order chi connectivity index (χ0) is 67.5. The van der Waals surface area contributed by atoms with Crippen LogP contribution in [-0.4, -0.2) is 4.57 Å². The number of nitrogens with zero attached hydrogens (tertiary/aromatic N) is 2. The molecule has 18 aromatic rings. The van der Waals surface area contributed by atoms with Gasteiger partial charge in [0.15, 0.2) is 0 Å². The van der Waals surface area contributed by atoms with Gasteiger partial charge in [-0.05, 0) is 192 Å². The van der Waals surface area contributed by atoms with Crippen LogP contribution in [0.15, 0.2) is 280 Å². The van der Waals surface area contributed by atoms with Crippen molar-refractivity contribution in [2.24, 2.45) is 0 Å². The number of hydrogen-bond acceptors (Lipinski definition) is 4. The van der Waals surface area contributed by atoms with Gasteiger partial charge < -0.3 is 22.7 Å². The maximum Gasteiger partial charge on any atom is 0.144 e. The Kier molecular flexibility index (Phi) is 11.0. The first-order valence-corrected chi connectivity index (χ1v) is 35.6. The summed E-state index contributed by atoms with van der Waals surface area (Å²) >= 11 is 0. The molecule has 480 valence electrons. The molecule has 14 aromatic carbocycles. The van der Waals surface area contributed by atoms with Gasteiger partial charge in [0.05, 0.1) is 11.0 Å². The highest BCUT2D eigenvalue weighted by atomic mass is 16.3. The lowest BCUT2D eigenvalue weighted by Crippen LogP contribution is -2.24. The second-order valence-electron chi connectivity index (χ2n) is 31.0. The molecule has 4 aliphatic rings. The lowest BCUT2D eigenvalue weighted by atomic mass is 9.72. The van der Waals surface area contributed by atoms with Crippen molar-refractivity contribution in [3.8, 4) is 72.4 Å². The Bertz CT molecular complexity index is 6760. The van der Waals surface area contributed by atoms with Crippen LogP contribution in [0.5, 0.6) is 0 Å². The van der Waals surface area contributed by atoms with Gasteiger partial charge in [-0.2, -0.15) is 0 Å². The molecule has 4 aromatic heterocycles. The van der Waals surface area contributed by atoms with E-state index >= 15 is 0 Å². The Labute approximate surface area is 584 Å². The summed E-state index contributed by atoms with van der Waals surface area (Å²) in [5.41, 5.74) is 35.8. The summed E-state index contributed by atoms with van der Waals surface area (Å²) < 4.78 is 23.7. The van der Waals surface area contributed by atoms with Crippen LogP contribution < -0.4 is 4.90 Å². The van der Waals surface area contributed by atoms with Gasteiger partial charge in [0.2, 0.25) is 0 Å². The molecule has 5 heteroatoms. The molecule has 0 bridgehead atoms. The highest BCUT2D eigenvalue weighted by molar-refractivity contribution is 6.23. The molecule has 4 aliphatic carbocycles. The molecule has 0 atom stereocenters. The van der Waals surface area contributed by atoms with Crippen LogP contribution in [0.1, 0.15) is 99.9 Å². The van der Waals surface area contributed by atoms with Crippen molar-refractivity contribution in [3.05, 3.63) is 311 Å². The maximum atomic E-state index is 7.19. The minimum absolute atomic E-state index is 0.288. The number of hydrogen-bond donors (Lipinski definition) is 0. The maximum absolute atomic E-state index is 7.19. The highest BCUT2D eigenvalue weighted by Gasteiger charge is 2.49. The van der Waals surface area contributed by atoms with Crippen molar-refractivity contribution in [2.75, 3.05) is 4.90 Å². The molecule has 0 radical (unpaired) electrons. The predicted molar refractivity (Wildman–Crippen MR) is 418 cm³/mol. The van der Waals surface area contributed by atoms with Crippen LogP contribution in [0, 0.1) is 0 Å². The van der Waals surface area contributed by atoms with E-state index in [1.54, 1.807) is 0 Å². The van der Waals surface area contributed by atoms with Crippen molar-refractivity contribution in [3.63, 3.8) is 0 Å². The van der Waals surface area contributed by atoms with E-state index < -0.39 is 16.2 Å². The Balaban J connectivity index is 0.765. The SMILES string of the molecule is CC1(C)c2cc(N(c3ccc4c(c3)C(C)(C)c3cc(-c5ccc6c(c5)c5ccccc5n6-c5ccccc5)c5oc6ccccc6c5c3-4)c3ccc4c(c3)C(C)(C)c3c5c(c6oc7ccccc7c6c3-4)-c3ccccc3C5(C)C)ccc2-c2c1cc(-c1ccccc1)c1oc3ccccc3c21. The fraction of sp³-hybridized carbons (Fsp3) is 0.125. The molecule has 0 amide bonds. The van der Waals surface area contributed by atoms with E-state index in [4.69, 9.17) is 13.3 Å². The van der Waals surface area contributed by atoms with E-state index in [9.17, 15) is 0 Å². The molecule has 0 fully saturated rings. The Morgan fingerprint density at radius 1 is 0.267 bits per heavy atom. The van der Waals surface area contributed by atoms with Crippen molar-refractivity contribution >= 4 is 105 Å². The number of rotatable bonds is 6. The van der Waals surface area contributed by atoms with E-state index in [0.29, 0.717) is 0 Å². The molecule has 0 unspecified atom stereocenters. The van der Waals surface area contributed by atoms with Gasteiger partial charge in [0, 0.05) is 104 Å². The van der Waals surface area contributed by atoms with E-state index in [-0.39, 0.29) is 5.41 Å². The number of para-hydroxylation sites is 5. The average Bonchev–Trinajstić information content (AvgIpc) is 1.62. The van der Waals surface area contributed by atoms with Crippen molar-refractivity contribution in [1.29, 1.82) is 0 Å². The molecule has 5 nitrogen and oxygen atoms in total. The molecule has 0 saturated carbocycles. The summed E-state index contributed by atoms with van der Waals surface area (Å²) in [6, 6.07) is 99.2. The number of benzene rings is 14. The Hall–Kier alpha value is -11.9. The topological polar surface area (TPSA) is 47.6 Å². The van der Waals surface area contributed by atoms with Gasteiger partial charge in [0.25, 0.3) is 0 Å². The largest absolute Gasteiger partial charge is 0.455 e. The second-order valence-corrected chi connectivity index (χ2v) is 31.0. The normalized spacial score (nSPS) is 15.2. The van der Waals surface area contributed by atoms with Gasteiger partial charge in [0.1, 0.15) is 33.5 Å². The summed E-state index contributed by atoms with van der Waals surface area (Å²) in [5.74, 6) is 0. The van der Waals surface area contributed by atoms with E-state index in [1.165, 1.54) is 122 Å². The predicted octanol–water partition coefficient (Wildman–Crippen LogP) is 26.5. The third-order valence-corrected chi connectivity index (χ3v) is 24.3. The minimum Gasteiger partial charge on any atom is -0.455 e. The molecule has 0 saturated heterocycles. The van der Waals surface area contributed by atoms with Gasteiger partial charge in [-0.1, -0.05) is 225 Å². The zero-order valence-corrected chi connectivity index (χ0v) is 57.5. The first-order valence-electron chi connectivity index (χ1n) is 35.6. The molecule has 101 heavy (non-hydrogen) atoms. The summed E-state index contributed by atoms with van der Waals surface area (Å²) in [4.78, 5) is 2.57. The van der Waals surface area contributed by atoms with Crippen LogP contribution >= 0.6 is 0 Å². The van der Waals surface area contributed by atoms with E-state index in [0.717, 1.165) is 100 Å². The van der Waals surface area contributed by atoms with Gasteiger partial charge >= 0.3 is 0 Å². The molecular formula is C96H68N2O3. The molecule has 22 rings (SSSR count). The number of anilines is 3. The van der Waals surface area contributed by atoms with E-state index in [1.807, 2.05) is 0 Å². The van der Waals surface area contributed by atoms with Crippen LogP contribution in [-0.2, 0) is 21.7 Å². The minimum atomic E-state index is -0.442. The first-order chi connectivity index (χ1) is 49.1. The summed E-state index contributed by atoms with van der Waals surface area (Å²) in [6.07, 6.45) is 0. The molecule has 0 spiro atoms. The van der Waals surface area contributed by atoms with Crippen molar-refractivity contribution in [2.45, 2.75) is 77.0 Å². The van der Waals surface area contributed by atoms with Crippen LogP contribution in [0.3, 0.4) is 0 Å². The highest BCUT2D eigenvalue weighted by Crippen LogP contribution is 2.65. The number of aromatic nitrogens is 1. The second kappa shape index (κ2) is 19.5. The average molecular weight is 1300 g/mol. The third kappa shape index (κ3) is 7.30. The molecule has 0 N–H and O–H groups in total. The molecular weight excluding hydrogens is 1230 g/mol. The Morgan fingerprint density at radius 2 is 0.683 bits per heavy atom. The van der Waals surface area contributed by atoms with Crippen LogP contribution in [0.25, 0.3) is 160 Å². The fourth-order valence-electron chi connectivity index (χ4n) is 19.6. The van der Waals surface area contributed by atoms with Crippen molar-refractivity contribution in [1.82, 2.24) is 4.57 Å². The zero-order valence-electron chi connectivity index (χ0n) is 57.5. The Morgan fingerprint density at radius 3 is 1.26 bits per heavy atom. The number of fused-ring (bicyclic) bond motifs is 29. The van der Waals surface area contributed by atoms with Gasteiger partial charge in [-0.3, -0.25) is 0 Å². The quantitative estimate of drug-likeness (QED) is 0.166. The fourth-order valence-corrected chi connectivity index (χ4v) is 19.6. The van der Waals surface area contributed by atoms with Crippen molar-refractivity contribution < 1.29 is 13.3 Å². The van der Waals surface area contributed by atoms with E-state index in [2.05, 4.69) is 332 Å². The first kappa shape index (κ1) is 57.0. The molecule has 0 aliphatic heterocycles. The monoisotopic (exact) mass is 1300 g/mol. The lowest BCUT2D eigenvalue weighted by Gasteiger charge is -2.32. The standard InChI is InChI=1S/C96H68N2O3/c1-93(2)71-48-56(40-43-61(71)81-74(93)51-67(53-25-11-9-12-26-53)90-84(81)64-31-17-22-36-78(64)99-90)97(58-42-45-63-73(50-58)96(7,8)88-83(63)86-66-33-19-24-38-80(66)101-92(86)87-60-30-15-20-34-70(60)95(5,6)89(87)88)57-41-44-62-72(49-57)94(3,4)75-52-68(91-85(82(62)75)65-32-18-23-37-79(65)100-91)54-39-46-77-69(47-54)59-29-16-21-35-76(59)98(77)55-27-13-10-14-28-55/h9-52H,1-8H3. The van der Waals surface area contributed by atoms with Crippen LogP contribution in [0.4, 0.5) is 17.1 Å². The summed E-state index contributed by atoms with van der Waals surface area (Å²) in [5, 5.41) is 9.36. The lowest BCUT2D eigenvalue weighted by molar-refractivity contribution is 0.600. The molecule has 4 heterocycles. The van der Waals surface area contributed by atoms with Gasteiger partial charge in [-0.15, -0.1) is 0 Å². The van der Waals surface area contributed by atoms with Gasteiger partial charge in [-0.25, -0.2) is 0 Å².